The summed E-state index contributed by atoms with van der Waals surface area (Å²) in [6, 6.07) is 0. The van der Waals surface area contributed by atoms with E-state index in [0.717, 1.165) is 5.88 Å². The molecule has 0 N–H and O–H groups in total. The molecule has 0 radical (unpaired) electrons. The molecule has 0 atom stereocenters. The Bertz CT molecular complexity index is 217. The molecule has 1 aliphatic heterocycles. The minimum Gasteiger partial charge on any atom is -1.00 e. The molecule has 21 heavy (non-hydrogen) atoms. The van der Waals surface area contributed by atoms with Crippen LogP contribution in [-0.4, -0.2) is 36.5 Å². The summed E-state index contributed by atoms with van der Waals surface area (Å²) in [7, 11) is 0. The van der Waals surface area contributed by atoms with E-state index in [1.54, 1.807) is 0 Å². The van der Waals surface area contributed by atoms with Gasteiger partial charge in [0.1, 0.15) is 0 Å². The van der Waals surface area contributed by atoms with E-state index in [2.05, 4.69) is 6.92 Å². The van der Waals surface area contributed by atoms with Crippen LogP contribution in [0, 0.1) is 0 Å². The number of halogens is 2. The molecule has 128 valence electrons. The van der Waals surface area contributed by atoms with E-state index in [4.69, 9.17) is 11.6 Å². The van der Waals surface area contributed by atoms with Crippen LogP contribution in [0.1, 0.15) is 84.0 Å². The first-order valence-corrected chi connectivity index (χ1v) is 9.77. The van der Waals surface area contributed by atoms with Crippen molar-refractivity contribution >= 4 is 11.6 Å². The number of hydrogen-bond donors (Lipinski definition) is 0. The Labute approximate surface area is 149 Å². The maximum Gasteiger partial charge on any atom is 0.0798 e. The van der Waals surface area contributed by atoms with Gasteiger partial charge in [-0.3, -0.25) is 0 Å². The van der Waals surface area contributed by atoms with E-state index in [1.807, 2.05) is 0 Å². The number of alkyl halides is 1. The van der Waals surface area contributed by atoms with Crippen LogP contribution in [0.4, 0.5) is 0 Å². The van der Waals surface area contributed by atoms with Crippen molar-refractivity contribution < 1.29 is 21.5 Å². The van der Waals surface area contributed by atoms with E-state index in [-0.39, 0.29) is 17.0 Å². The van der Waals surface area contributed by atoms with Crippen molar-refractivity contribution in [2.75, 3.05) is 32.1 Å². The third-order valence-corrected chi connectivity index (χ3v) is 5.28. The second-order valence-electron chi connectivity index (χ2n) is 6.81. The summed E-state index contributed by atoms with van der Waals surface area (Å²) in [6.07, 6.45) is 17.1. The molecule has 0 amide bonds. The molecule has 0 aromatic heterocycles. The van der Waals surface area contributed by atoms with Crippen molar-refractivity contribution in [2.45, 2.75) is 84.0 Å². The highest BCUT2D eigenvalue weighted by Crippen LogP contribution is 2.21. The number of hydrogen-bond acceptors (Lipinski definition) is 0. The first-order valence-electron chi connectivity index (χ1n) is 9.24. The highest BCUT2D eigenvalue weighted by atomic mass is 79.9. The van der Waals surface area contributed by atoms with E-state index in [9.17, 15) is 0 Å². The number of nitrogens with zero attached hydrogens (tertiary/aromatic N) is 1. The number of likely N-dealkylation sites (tertiary alicyclic amines) is 1. The Morgan fingerprint density at radius 3 is 1.81 bits per heavy atom. The van der Waals surface area contributed by atoms with Gasteiger partial charge in [0, 0.05) is 12.3 Å². The molecule has 0 aromatic rings. The molecule has 1 nitrogen and oxygen atoms in total. The zero-order valence-corrected chi connectivity index (χ0v) is 16.6. The normalized spacial score (nSPS) is 17.4. The maximum absolute atomic E-state index is 5.92. The molecule has 1 saturated heterocycles. The predicted octanol–water partition coefficient (Wildman–Crippen LogP) is 2.76. The zero-order valence-electron chi connectivity index (χ0n) is 14.2. The Balaban J connectivity index is 0.00000400. The number of rotatable bonds is 12. The van der Waals surface area contributed by atoms with Gasteiger partial charge in [0.2, 0.25) is 0 Å². The van der Waals surface area contributed by atoms with Crippen LogP contribution in [0.3, 0.4) is 0 Å². The summed E-state index contributed by atoms with van der Waals surface area (Å²) < 4.78 is 1.39. The Kier molecular flexibility index (Phi) is 14.8. The monoisotopic (exact) mass is 381 g/mol. The smallest absolute Gasteiger partial charge is 0.0798 e. The molecule has 1 rings (SSSR count). The van der Waals surface area contributed by atoms with Crippen molar-refractivity contribution in [2.24, 2.45) is 0 Å². The molecule has 1 heterocycles. The van der Waals surface area contributed by atoms with E-state index < -0.39 is 0 Å². The van der Waals surface area contributed by atoms with Crippen molar-refractivity contribution in [1.82, 2.24) is 0 Å². The lowest BCUT2D eigenvalue weighted by molar-refractivity contribution is -0.932. The van der Waals surface area contributed by atoms with Gasteiger partial charge in [-0.1, -0.05) is 45.4 Å². The average Bonchev–Trinajstić information content (AvgIpc) is 2.49. The maximum atomic E-state index is 5.92. The zero-order chi connectivity index (χ0) is 14.5. The standard InChI is InChI=1S/C18H37ClN.BrH/c1-2-3-4-5-6-7-8-10-15-20(18-13-14-19)16-11-9-12-17-20;/h2-18H2,1H3;1H/q+1;/p-1. The molecular formula is C18H37BrClN. The third kappa shape index (κ3) is 10.2. The predicted molar refractivity (Wildman–Crippen MR) is 91.5 cm³/mol. The van der Waals surface area contributed by atoms with E-state index in [1.165, 1.54) is 108 Å². The second-order valence-corrected chi connectivity index (χ2v) is 7.19. The van der Waals surface area contributed by atoms with E-state index in [0.29, 0.717) is 0 Å². The Hall–Kier alpha value is 0.730. The van der Waals surface area contributed by atoms with Gasteiger partial charge < -0.3 is 21.5 Å². The summed E-state index contributed by atoms with van der Waals surface area (Å²) >= 11 is 5.92. The van der Waals surface area contributed by atoms with Crippen molar-refractivity contribution in [1.29, 1.82) is 0 Å². The van der Waals surface area contributed by atoms with Crippen molar-refractivity contribution in [3.8, 4) is 0 Å². The first-order chi connectivity index (χ1) is 9.83. The molecule has 3 heteroatoms. The summed E-state index contributed by atoms with van der Waals surface area (Å²) in [5, 5.41) is 0. The molecule has 0 saturated carbocycles. The third-order valence-electron chi connectivity index (χ3n) is 5.02. The summed E-state index contributed by atoms with van der Waals surface area (Å²) in [5.74, 6) is 0.845. The first kappa shape index (κ1) is 21.7. The van der Waals surface area contributed by atoms with Crippen LogP contribution >= 0.6 is 11.6 Å². The van der Waals surface area contributed by atoms with Crippen LogP contribution in [-0.2, 0) is 0 Å². The fraction of sp³-hybridized carbons (Fsp3) is 1.00. The van der Waals surface area contributed by atoms with Crippen LogP contribution in [0.5, 0.6) is 0 Å². The summed E-state index contributed by atoms with van der Waals surface area (Å²) in [5.41, 5.74) is 0. The lowest BCUT2D eigenvalue weighted by Crippen LogP contribution is -3.00. The van der Waals surface area contributed by atoms with Gasteiger partial charge in [0.25, 0.3) is 0 Å². The lowest BCUT2D eigenvalue weighted by Gasteiger charge is -2.41. The molecule has 1 fully saturated rings. The topological polar surface area (TPSA) is 0 Å². The molecular weight excluding hydrogens is 346 g/mol. The number of quaternary nitrogens is 1. The van der Waals surface area contributed by atoms with Crippen LogP contribution in [0.15, 0.2) is 0 Å². The van der Waals surface area contributed by atoms with Crippen molar-refractivity contribution in [3.63, 3.8) is 0 Å². The average molecular weight is 383 g/mol. The largest absolute Gasteiger partial charge is 1.00 e. The van der Waals surface area contributed by atoms with Gasteiger partial charge >= 0.3 is 0 Å². The molecule has 0 aromatic carbocycles. The number of piperidine rings is 1. The quantitative estimate of drug-likeness (QED) is 0.276. The minimum absolute atomic E-state index is 0. The second kappa shape index (κ2) is 14.3. The van der Waals surface area contributed by atoms with E-state index >= 15 is 0 Å². The number of unbranched alkanes of at least 4 members (excludes halogenated alkanes) is 7. The van der Waals surface area contributed by atoms with Crippen LogP contribution in [0.2, 0.25) is 0 Å². The van der Waals surface area contributed by atoms with Gasteiger partial charge in [0.05, 0.1) is 26.2 Å². The summed E-state index contributed by atoms with van der Waals surface area (Å²) in [4.78, 5) is 0. The molecule has 1 aliphatic rings. The van der Waals surface area contributed by atoms with Gasteiger partial charge in [-0.15, -0.1) is 11.6 Å². The van der Waals surface area contributed by atoms with Gasteiger partial charge in [0.15, 0.2) is 0 Å². The molecule has 0 bridgehead atoms. The minimum atomic E-state index is 0. The molecule has 0 spiro atoms. The van der Waals surface area contributed by atoms with Crippen molar-refractivity contribution in [3.05, 3.63) is 0 Å². The van der Waals surface area contributed by atoms with Gasteiger partial charge in [-0.2, -0.15) is 0 Å². The van der Waals surface area contributed by atoms with Gasteiger partial charge in [-0.05, 0) is 32.1 Å². The molecule has 0 aliphatic carbocycles. The SMILES string of the molecule is CCCCCCCCCC[N+]1(CCCCl)CCCCC1.[Br-]. The summed E-state index contributed by atoms with van der Waals surface area (Å²) in [6.45, 7) is 7.90. The Morgan fingerprint density at radius 1 is 0.714 bits per heavy atom. The van der Waals surface area contributed by atoms with Crippen LogP contribution < -0.4 is 17.0 Å². The highest BCUT2D eigenvalue weighted by molar-refractivity contribution is 6.17. The van der Waals surface area contributed by atoms with Gasteiger partial charge in [-0.25, -0.2) is 0 Å². The molecule has 0 unspecified atom stereocenters. The van der Waals surface area contributed by atoms with Crippen LogP contribution in [0.25, 0.3) is 0 Å². The lowest BCUT2D eigenvalue weighted by atomic mass is 10.0. The fourth-order valence-corrected chi connectivity index (χ4v) is 3.84. The highest BCUT2D eigenvalue weighted by Gasteiger charge is 2.28. The fourth-order valence-electron chi connectivity index (χ4n) is 3.72. The Morgan fingerprint density at radius 2 is 1.24 bits per heavy atom.